The van der Waals surface area contributed by atoms with Crippen molar-refractivity contribution in [1.82, 2.24) is 20.1 Å². The average Bonchev–Trinajstić information content (AvgIpc) is 3.31. The van der Waals surface area contributed by atoms with Crippen LogP contribution in [0.25, 0.3) is 5.69 Å². The fourth-order valence-corrected chi connectivity index (χ4v) is 4.35. The van der Waals surface area contributed by atoms with E-state index in [9.17, 15) is 14.0 Å². The highest BCUT2D eigenvalue weighted by atomic mass is 32.2. The van der Waals surface area contributed by atoms with Crippen molar-refractivity contribution >= 4 is 29.3 Å². The zero-order valence-electron chi connectivity index (χ0n) is 20.6. The van der Waals surface area contributed by atoms with Gasteiger partial charge in [-0.15, -0.1) is 10.2 Å². The number of nitrogens with one attached hydrogen (secondary N) is 2. The number of thioether (sulfide) groups is 1. The van der Waals surface area contributed by atoms with E-state index < -0.39 is 11.7 Å². The van der Waals surface area contributed by atoms with Gasteiger partial charge in [-0.25, -0.2) is 4.39 Å². The normalized spacial score (nSPS) is 10.7. The first-order valence-electron chi connectivity index (χ1n) is 11.5. The molecule has 0 aliphatic carbocycles. The van der Waals surface area contributed by atoms with E-state index in [0.717, 1.165) is 22.9 Å². The van der Waals surface area contributed by atoms with Gasteiger partial charge in [0.2, 0.25) is 5.91 Å². The van der Waals surface area contributed by atoms with Crippen molar-refractivity contribution in [3.63, 3.8) is 0 Å². The molecule has 0 aliphatic rings. The number of ether oxygens (including phenoxy) is 1. The molecule has 4 aromatic rings. The van der Waals surface area contributed by atoms with Gasteiger partial charge >= 0.3 is 0 Å². The first-order valence-corrected chi connectivity index (χ1v) is 12.5. The van der Waals surface area contributed by atoms with Crippen LogP contribution in [0.15, 0.2) is 71.9 Å². The summed E-state index contributed by atoms with van der Waals surface area (Å²) >= 11 is 1.14. The molecule has 0 unspecified atom stereocenters. The minimum atomic E-state index is -0.514. The number of carbonyl (C=O) groups excluding carboxylic acids is 2. The maximum Gasteiger partial charge on any atom is 0.251 e. The van der Waals surface area contributed by atoms with Crippen molar-refractivity contribution in [2.24, 2.45) is 0 Å². The van der Waals surface area contributed by atoms with E-state index in [1.807, 2.05) is 44.2 Å². The summed E-state index contributed by atoms with van der Waals surface area (Å²) in [4.78, 5) is 25.3. The second-order valence-corrected chi connectivity index (χ2v) is 9.15. The monoisotopic (exact) mass is 519 g/mol. The molecule has 3 aromatic carbocycles. The molecule has 2 amide bonds. The Morgan fingerprint density at radius 1 is 1.00 bits per heavy atom. The van der Waals surface area contributed by atoms with Gasteiger partial charge in [-0.3, -0.25) is 14.2 Å². The summed E-state index contributed by atoms with van der Waals surface area (Å²) in [6, 6.07) is 18.8. The van der Waals surface area contributed by atoms with Crippen LogP contribution in [-0.2, 0) is 11.3 Å². The highest BCUT2D eigenvalue weighted by Crippen LogP contribution is 2.29. The van der Waals surface area contributed by atoms with Crippen LogP contribution in [0, 0.1) is 19.7 Å². The molecule has 0 bridgehead atoms. The summed E-state index contributed by atoms with van der Waals surface area (Å²) in [6.07, 6.45) is 0. The molecule has 37 heavy (non-hydrogen) atoms. The maximum absolute atomic E-state index is 13.9. The number of carbonyl (C=O) groups is 2. The molecule has 10 heteroatoms. The number of hydrogen-bond acceptors (Lipinski definition) is 6. The van der Waals surface area contributed by atoms with Crippen molar-refractivity contribution in [2.45, 2.75) is 25.5 Å². The third-order valence-electron chi connectivity index (χ3n) is 5.68. The molecule has 0 atom stereocenters. The van der Waals surface area contributed by atoms with E-state index in [-0.39, 0.29) is 23.9 Å². The molecule has 0 spiro atoms. The van der Waals surface area contributed by atoms with Gasteiger partial charge in [0.15, 0.2) is 11.0 Å². The Bertz CT molecular complexity index is 1440. The summed E-state index contributed by atoms with van der Waals surface area (Å²) in [5, 5.41) is 14.4. The number of methoxy groups -OCH3 is 1. The zero-order valence-corrected chi connectivity index (χ0v) is 21.4. The van der Waals surface area contributed by atoms with Crippen molar-refractivity contribution in [3.05, 3.63) is 95.1 Å². The Morgan fingerprint density at radius 3 is 2.51 bits per heavy atom. The van der Waals surface area contributed by atoms with Crippen molar-refractivity contribution in [1.29, 1.82) is 0 Å². The topological polar surface area (TPSA) is 98.1 Å². The number of amides is 2. The summed E-state index contributed by atoms with van der Waals surface area (Å²) in [5.41, 5.74) is 3.44. The van der Waals surface area contributed by atoms with E-state index in [0.29, 0.717) is 28.0 Å². The number of para-hydroxylation sites is 3. The Morgan fingerprint density at radius 2 is 1.76 bits per heavy atom. The number of nitrogens with zero attached hydrogens (tertiary/aromatic N) is 3. The van der Waals surface area contributed by atoms with Crippen LogP contribution in [0.2, 0.25) is 0 Å². The summed E-state index contributed by atoms with van der Waals surface area (Å²) < 4.78 is 21.2. The second kappa shape index (κ2) is 11.7. The average molecular weight is 520 g/mol. The van der Waals surface area contributed by atoms with E-state index >= 15 is 0 Å². The molecule has 0 fully saturated rings. The largest absolute Gasteiger partial charge is 0.495 e. The number of halogens is 1. The number of hydrogen-bond donors (Lipinski definition) is 2. The molecular formula is C27H26FN5O3S. The minimum Gasteiger partial charge on any atom is -0.495 e. The molecule has 1 aromatic heterocycles. The van der Waals surface area contributed by atoms with E-state index in [1.54, 1.807) is 35.9 Å². The SMILES string of the molecule is COc1ccccc1-n1c(CNC(=O)c2ccc(C)c(C)c2)nnc1SCC(=O)Nc1ccccc1F. The highest BCUT2D eigenvalue weighted by Gasteiger charge is 2.20. The second-order valence-electron chi connectivity index (χ2n) is 8.20. The lowest BCUT2D eigenvalue weighted by Gasteiger charge is -2.14. The lowest BCUT2D eigenvalue weighted by atomic mass is 10.1. The first kappa shape index (κ1) is 25.9. The molecule has 190 valence electrons. The molecular weight excluding hydrogens is 493 g/mol. The fraction of sp³-hybridized carbons (Fsp3) is 0.185. The van der Waals surface area contributed by atoms with Gasteiger partial charge in [-0.1, -0.05) is 42.1 Å². The zero-order chi connectivity index (χ0) is 26.4. The van der Waals surface area contributed by atoms with Crippen molar-refractivity contribution in [2.75, 3.05) is 18.2 Å². The van der Waals surface area contributed by atoms with Gasteiger partial charge in [-0.05, 0) is 61.4 Å². The van der Waals surface area contributed by atoms with E-state index in [4.69, 9.17) is 4.74 Å². The highest BCUT2D eigenvalue weighted by molar-refractivity contribution is 7.99. The first-order chi connectivity index (χ1) is 17.9. The molecule has 2 N–H and O–H groups in total. The van der Waals surface area contributed by atoms with E-state index in [2.05, 4.69) is 20.8 Å². The Hall–Kier alpha value is -4.18. The molecule has 4 rings (SSSR count). The van der Waals surface area contributed by atoms with Crippen LogP contribution in [0.3, 0.4) is 0 Å². The van der Waals surface area contributed by atoms with Crippen LogP contribution < -0.4 is 15.4 Å². The van der Waals surface area contributed by atoms with Gasteiger partial charge in [-0.2, -0.15) is 0 Å². The molecule has 0 aliphatic heterocycles. The standard InChI is InChI=1S/C27H26FN5O3S/c1-17-12-13-19(14-18(17)2)26(35)29-15-24-31-32-27(33(24)22-10-6-7-11-23(22)36-3)37-16-25(34)30-21-9-5-4-8-20(21)28/h4-14H,15-16H2,1-3H3,(H,29,35)(H,30,34). The maximum atomic E-state index is 13.9. The molecule has 1 heterocycles. The van der Waals surface area contributed by atoms with Gasteiger partial charge < -0.3 is 15.4 Å². The molecule has 0 saturated carbocycles. The Balaban J connectivity index is 1.55. The molecule has 0 saturated heterocycles. The van der Waals surface area contributed by atoms with Gasteiger partial charge in [0.05, 0.1) is 30.8 Å². The number of aryl methyl sites for hydroxylation is 2. The molecule has 8 nitrogen and oxygen atoms in total. The number of benzene rings is 3. The summed E-state index contributed by atoms with van der Waals surface area (Å²) in [7, 11) is 1.55. The van der Waals surface area contributed by atoms with E-state index in [1.165, 1.54) is 12.1 Å². The predicted molar refractivity (Wildman–Crippen MR) is 141 cm³/mol. The summed E-state index contributed by atoms with van der Waals surface area (Å²) in [6.45, 7) is 4.04. The van der Waals surface area contributed by atoms with Crippen LogP contribution in [0.5, 0.6) is 5.75 Å². The lowest BCUT2D eigenvalue weighted by Crippen LogP contribution is -2.25. The van der Waals surface area contributed by atoms with Crippen molar-refractivity contribution < 1.29 is 18.7 Å². The third kappa shape index (κ3) is 6.15. The third-order valence-corrected chi connectivity index (χ3v) is 6.61. The van der Waals surface area contributed by atoms with Gasteiger partial charge in [0.1, 0.15) is 11.6 Å². The number of rotatable bonds is 9. The number of anilines is 1. The number of aromatic nitrogens is 3. The Kier molecular flexibility index (Phi) is 8.19. The van der Waals surface area contributed by atoms with Crippen molar-refractivity contribution in [3.8, 4) is 11.4 Å². The van der Waals surface area contributed by atoms with Gasteiger partial charge in [0, 0.05) is 5.56 Å². The lowest BCUT2D eigenvalue weighted by molar-refractivity contribution is -0.113. The quantitative estimate of drug-likeness (QED) is 0.311. The fourth-order valence-electron chi connectivity index (χ4n) is 3.59. The molecule has 0 radical (unpaired) electrons. The summed E-state index contributed by atoms with van der Waals surface area (Å²) in [5.74, 6) is -0.151. The Labute approximate surface area is 218 Å². The minimum absolute atomic E-state index is 0.0311. The van der Waals surface area contributed by atoms with Gasteiger partial charge in [0.25, 0.3) is 5.91 Å². The smallest absolute Gasteiger partial charge is 0.251 e. The van der Waals surface area contributed by atoms with Crippen LogP contribution >= 0.6 is 11.8 Å². The predicted octanol–water partition coefficient (Wildman–Crippen LogP) is 4.69. The van der Waals surface area contributed by atoms with Crippen LogP contribution in [-0.4, -0.2) is 39.4 Å². The van der Waals surface area contributed by atoms with Crippen LogP contribution in [0.1, 0.15) is 27.3 Å². The van der Waals surface area contributed by atoms with Crippen LogP contribution in [0.4, 0.5) is 10.1 Å².